The van der Waals surface area contributed by atoms with E-state index in [2.05, 4.69) is 17.6 Å². The maximum absolute atomic E-state index is 10.7. The highest BCUT2D eigenvalue weighted by Crippen LogP contribution is 2.17. The molecule has 1 heterocycles. The molecule has 16 heavy (non-hydrogen) atoms. The molecule has 88 valence electrons. The third kappa shape index (κ3) is 3.37. The van der Waals surface area contributed by atoms with Crippen LogP contribution in [0.4, 0.5) is 0 Å². The van der Waals surface area contributed by atoms with E-state index < -0.39 is 0 Å². The average molecular weight is 219 g/mol. The molecule has 0 radical (unpaired) electrons. The number of allylic oxidation sites excluding steroid dienone is 4. The number of hydrogen-bond acceptors (Lipinski definition) is 2. The second-order valence-electron chi connectivity index (χ2n) is 4.30. The van der Waals surface area contributed by atoms with Crippen molar-refractivity contribution in [2.45, 2.75) is 33.1 Å². The van der Waals surface area contributed by atoms with E-state index in [9.17, 15) is 4.79 Å². The van der Waals surface area contributed by atoms with Crippen molar-refractivity contribution in [1.82, 2.24) is 4.90 Å². The molecule has 0 unspecified atom stereocenters. The summed E-state index contributed by atoms with van der Waals surface area (Å²) in [5.41, 5.74) is 2.95. The lowest BCUT2D eigenvalue weighted by Crippen LogP contribution is -2.28. The number of aldehydes is 1. The fraction of sp³-hybridized carbons (Fsp3) is 0.500. The van der Waals surface area contributed by atoms with Gasteiger partial charge in [-0.3, -0.25) is 4.79 Å². The van der Waals surface area contributed by atoms with Gasteiger partial charge in [-0.05, 0) is 56.4 Å². The van der Waals surface area contributed by atoms with Crippen molar-refractivity contribution >= 4 is 6.29 Å². The molecule has 2 heteroatoms. The minimum absolute atomic E-state index is 0.788. The Kier molecular flexibility index (Phi) is 5.03. The summed E-state index contributed by atoms with van der Waals surface area (Å²) in [7, 11) is 0. The first-order valence-electron chi connectivity index (χ1n) is 5.90. The van der Waals surface area contributed by atoms with Crippen LogP contribution in [0.3, 0.4) is 0 Å². The first-order valence-corrected chi connectivity index (χ1v) is 5.90. The summed E-state index contributed by atoms with van der Waals surface area (Å²) in [4.78, 5) is 13.0. The monoisotopic (exact) mass is 219 g/mol. The maximum Gasteiger partial charge on any atom is 0.146 e. The van der Waals surface area contributed by atoms with Gasteiger partial charge in [-0.15, -0.1) is 0 Å². The van der Waals surface area contributed by atoms with Gasteiger partial charge in [0.2, 0.25) is 0 Å². The van der Waals surface area contributed by atoms with Crippen LogP contribution in [0.15, 0.2) is 35.6 Å². The molecule has 0 amide bonds. The second kappa shape index (κ2) is 6.31. The number of nitrogens with zero attached hydrogens (tertiary/aromatic N) is 1. The molecule has 0 saturated carbocycles. The summed E-state index contributed by atoms with van der Waals surface area (Å²) in [6.45, 7) is 9.87. The van der Waals surface area contributed by atoms with Crippen LogP contribution < -0.4 is 0 Å². The lowest BCUT2D eigenvalue weighted by molar-refractivity contribution is -0.104. The first-order chi connectivity index (χ1) is 7.69. The van der Waals surface area contributed by atoms with E-state index in [1.807, 2.05) is 19.9 Å². The SMILES string of the molecule is C=CC(=CC(C)=C(C)C=O)N1CCCCC1. The average Bonchev–Trinajstić information content (AvgIpc) is 2.35. The molecule has 0 spiro atoms. The Bertz CT molecular complexity index is 320. The molecule has 1 aliphatic rings. The van der Waals surface area contributed by atoms with E-state index in [0.29, 0.717) is 0 Å². The predicted molar refractivity (Wildman–Crippen MR) is 68.1 cm³/mol. The van der Waals surface area contributed by atoms with Gasteiger partial charge in [0.1, 0.15) is 6.29 Å². The molecule has 2 nitrogen and oxygen atoms in total. The van der Waals surface area contributed by atoms with Gasteiger partial charge in [0.05, 0.1) is 0 Å². The Hall–Kier alpha value is -1.31. The molecule has 0 N–H and O–H groups in total. The summed E-state index contributed by atoms with van der Waals surface area (Å²) in [6, 6.07) is 0. The molecular weight excluding hydrogens is 198 g/mol. The summed E-state index contributed by atoms with van der Waals surface area (Å²) in [5, 5.41) is 0. The van der Waals surface area contributed by atoms with E-state index in [0.717, 1.165) is 36.2 Å². The van der Waals surface area contributed by atoms with Crippen LogP contribution in [0, 0.1) is 0 Å². The van der Waals surface area contributed by atoms with Gasteiger partial charge in [-0.25, -0.2) is 0 Å². The molecule has 1 aliphatic heterocycles. The third-order valence-electron chi connectivity index (χ3n) is 3.09. The smallest absolute Gasteiger partial charge is 0.146 e. The minimum atomic E-state index is 0.788. The van der Waals surface area contributed by atoms with Crippen molar-refractivity contribution in [2.75, 3.05) is 13.1 Å². The lowest BCUT2D eigenvalue weighted by Gasteiger charge is -2.29. The van der Waals surface area contributed by atoms with E-state index >= 15 is 0 Å². The Balaban J connectivity index is 2.83. The maximum atomic E-state index is 10.7. The van der Waals surface area contributed by atoms with Crippen LogP contribution in [0.1, 0.15) is 33.1 Å². The number of carbonyl (C=O) groups excluding carboxylic acids is 1. The molecule has 0 aromatic carbocycles. The zero-order chi connectivity index (χ0) is 12.0. The Morgan fingerprint density at radius 3 is 2.25 bits per heavy atom. The largest absolute Gasteiger partial charge is 0.372 e. The van der Waals surface area contributed by atoms with E-state index in [1.54, 1.807) is 0 Å². The number of rotatable bonds is 4. The highest BCUT2D eigenvalue weighted by molar-refractivity contribution is 5.74. The van der Waals surface area contributed by atoms with Crippen molar-refractivity contribution in [3.05, 3.63) is 35.6 Å². The van der Waals surface area contributed by atoms with Gasteiger partial charge >= 0.3 is 0 Å². The number of hydrogen-bond donors (Lipinski definition) is 0. The lowest BCUT2D eigenvalue weighted by atomic mass is 10.1. The van der Waals surface area contributed by atoms with Gasteiger partial charge in [-0.2, -0.15) is 0 Å². The van der Waals surface area contributed by atoms with Gasteiger partial charge in [0.25, 0.3) is 0 Å². The fourth-order valence-corrected chi connectivity index (χ4v) is 1.86. The fourth-order valence-electron chi connectivity index (χ4n) is 1.86. The standard InChI is InChI=1S/C14H21NO/c1-4-14(10-12(2)13(3)11-16)15-8-6-5-7-9-15/h4,10-11H,1,5-9H2,2-3H3. The molecule has 1 rings (SSSR count). The number of carbonyl (C=O) groups is 1. The normalized spacial score (nSPS) is 19.1. The van der Waals surface area contributed by atoms with Crippen molar-refractivity contribution < 1.29 is 4.79 Å². The molecule has 0 bridgehead atoms. The molecule has 0 aliphatic carbocycles. The van der Waals surface area contributed by atoms with Crippen LogP contribution in [0.2, 0.25) is 0 Å². The van der Waals surface area contributed by atoms with Gasteiger partial charge in [-0.1, -0.05) is 6.58 Å². The summed E-state index contributed by atoms with van der Waals surface area (Å²) >= 11 is 0. The second-order valence-corrected chi connectivity index (χ2v) is 4.30. The van der Waals surface area contributed by atoms with Gasteiger partial charge in [0, 0.05) is 18.8 Å². The van der Waals surface area contributed by atoms with Crippen LogP contribution in [-0.2, 0) is 4.79 Å². The number of piperidine rings is 1. The highest BCUT2D eigenvalue weighted by Gasteiger charge is 2.11. The van der Waals surface area contributed by atoms with Crippen LogP contribution in [-0.4, -0.2) is 24.3 Å². The van der Waals surface area contributed by atoms with Crippen molar-refractivity contribution in [2.24, 2.45) is 0 Å². The van der Waals surface area contributed by atoms with E-state index in [-0.39, 0.29) is 0 Å². The van der Waals surface area contributed by atoms with Crippen LogP contribution in [0.5, 0.6) is 0 Å². The molecular formula is C14H21NO. The zero-order valence-electron chi connectivity index (χ0n) is 10.3. The summed E-state index contributed by atoms with van der Waals surface area (Å²) < 4.78 is 0. The molecule has 1 saturated heterocycles. The molecule has 0 atom stereocenters. The minimum Gasteiger partial charge on any atom is -0.372 e. The number of likely N-dealkylation sites (tertiary alicyclic amines) is 1. The predicted octanol–water partition coefficient (Wildman–Crippen LogP) is 3.08. The van der Waals surface area contributed by atoms with Crippen LogP contribution >= 0.6 is 0 Å². The van der Waals surface area contributed by atoms with E-state index in [4.69, 9.17) is 0 Å². The molecule has 1 fully saturated rings. The molecule has 0 aromatic heterocycles. The first kappa shape index (κ1) is 12.8. The van der Waals surface area contributed by atoms with Crippen LogP contribution in [0.25, 0.3) is 0 Å². The van der Waals surface area contributed by atoms with Gasteiger partial charge < -0.3 is 4.90 Å². The van der Waals surface area contributed by atoms with Gasteiger partial charge in [0.15, 0.2) is 0 Å². The molecule has 0 aromatic rings. The van der Waals surface area contributed by atoms with Crippen molar-refractivity contribution in [3.8, 4) is 0 Å². The third-order valence-corrected chi connectivity index (χ3v) is 3.09. The topological polar surface area (TPSA) is 20.3 Å². The Morgan fingerprint density at radius 1 is 1.12 bits per heavy atom. The van der Waals surface area contributed by atoms with Crippen molar-refractivity contribution in [3.63, 3.8) is 0 Å². The summed E-state index contributed by atoms with van der Waals surface area (Å²) in [6.07, 6.45) is 8.67. The highest BCUT2D eigenvalue weighted by atomic mass is 16.1. The van der Waals surface area contributed by atoms with Crippen molar-refractivity contribution in [1.29, 1.82) is 0 Å². The quantitative estimate of drug-likeness (QED) is 0.411. The Morgan fingerprint density at radius 2 is 1.75 bits per heavy atom. The summed E-state index contributed by atoms with van der Waals surface area (Å²) in [5.74, 6) is 0. The van der Waals surface area contributed by atoms with E-state index in [1.165, 1.54) is 19.3 Å². The Labute approximate surface area is 98.3 Å². The zero-order valence-corrected chi connectivity index (χ0v) is 10.3.